The number of halogens is 1. The highest BCUT2D eigenvalue weighted by molar-refractivity contribution is 7.92. The zero-order valence-electron chi connectivity index (χ0n) is 17.6. The zero-order chi connectivity index (χ0) is 23.4. The maximum absolute atomic E-state index is 13.3. The Balaban J connectivity index is 1.55. The van der Waals surface area contributed by atoms with Gasteiger partial charge >= 0.3 is 0 Å². The van der Waals surface area contributed by atoms with Crippen LogP contribution in [0.15, 0.2) is 83.8 Å². The molecule has 9 heteroatoms. The van der Waals surface area contributed by atoms with Gasteiger partial charge in [0, 0.05) is 29.4 Å². The predicted molar refractivity (Wildman–Crippen MR) is 129 cm³/mol. The van der Waals surface area contributed by atoms with Gasteiger partial charge in [0.1, 0.15) is 6.54 Å². The van der Waals surface area contributed by atoms with Gasteiger partial charge in [0.25, 0.3) is 10.0 Å². The molecule has 1 aliphatic rings. The molecule has 0 aliphatic carbocycles. The van der Waals surface area contributed by atoms with E-state index in [-0.39, 0.29) is 16.5 Å². The summed E-state index contributed by atoms with van der Waals surface area (Å²) in [7, 11) is -4.01. The van der Waals surface area contributed by atoms with Crippen molar-refractivity contribution in [3.8, 4) is 0 Å². The fourth-order valence-corrected chi connectivity index (χ4v) is 5.26. The van der Waals surface area contributed by atoms with Crippen LogP contribution < -0.4 is 14.5 Å². The Labute approximate surface area is 197 Å². The summed E-state index contributed by atoms with van der Waals surface area (Å²) in [5, 5.41) is 3.08. The van der Waals surface area contributed by atoms with Crippen molar-refractivity contribution in [2.24, 2.45) is 0 Å². The lowest BCUT2D eigenvalue weighted by molar-refractivity contribution is -0.117. The van der Waals surface area contributed by atoms with Gasteiger partial charge in [-0.2, -0.15) is 0 Å². The van der Waals surface area contributed by atoms with E-state index in [1.165, 1.54) is 18.2 Å². The van der Waals surface area contributed by atoms with Crippen LogP contribution >= 0.6 is 11.6 Å². The summed E-state index contributed by atoms with van der Waals surface area (Å²) < 4.78 is 27.7. The fraction of sp³-hybridized carbons (Fsp3) is 0.167. The maximum Gasteiger partial charge on any atom is 0.264 e. The van der Waals surface area contributed by atoms with Crippen LogP contribution in [0.4, 0.5) is 17.1 Å². The molecule has 1 saturated heterocycles. The molecule has 3 aromatic rings. The lowest BCUT2D eigenvalue weighted by Gasteiger charge is -2.24. The molecule has 0 spiro atoms. The van der Waals surface area contributed by atoms with Crippen LogP contribution in [0, 0.1) is 0 Å². The third-order valence-electron chi connectivity index (χ3n) is 5.25. The highest BCUT2D eigenvalue weighted by Gasteiger charge is 2.27. The number of nitrogens with one attached hydrogen (secondary N) is 1. The van der Waals surface area contributed by atoms with Gasteiger partial charge in [-0.15, -0.1) is 0 Å². The van der Waals surface area contributed by atoms with Crippen molar-refractivity contribution in [3.05, 3.63) is 83.9 Å². The SMILES string of the molecule is O=C(CN(c1cccc(Cl)c1)S(=O)(=O)c1ccccc1)Nc1ccc(N2CCCC2=O)cc1. The number of nitrogens with zero attached hydrogens (tertiary/aromatic N) is 2. The number of hydrogen-bond acceptors (Lipinski definition) is 4. The summed E-state index contributed by atoms with van der Waals surface area (Å²) in [6.07, 6.45) is 1.36. The van der Waals surface area contributed by atoms with E-state index >= 15 is 0 Å². The molecule has 0 bridgehead atoms. The highest BCUT2D eigenvalue weighted by Crippen LogP contribution is 2.27. The lowest BCUT2D eigenvalue weighted by atomic mass is 10.2. The first kappa shape index (κ1) is 22.8. The number of hydrogen-bond donors (Lipinski definition) is 1. The Bertz CT molecular complexity index is 1260. The second-order valence-electron chi connectivity index (χ2n) is 7.55. The molecule has 2 amide bonds. The van der Waals surface area contributed by atoms with E-state index < -0.39 is 22.5 Å². The summed E-state index contributed by atoms with van der Waals surface area (Å²) in [6, 6.07) is 21.1. The summed E-state index contributed by atoms with van der Waals surface area (Å²) >= 11 is 6.08. The largest absolute Gasteiger partial charge is 0.325 e. The molecule has 1 heterocycles. The predicted octanol–water partition coefficient (Wildman–Crippen LogP) is 4.30. The standard InChI is InChI=1S/C24H22ClN3O4S/c25-18-6-4-7-21(16-18)28(33(31,32)22-8-2-1-3-9-22)17-23(29)26-19-11-13-20(14-12-19)27-15-5-10-24(27)30/h1-4,6-9,11-14,16H,5,10,15,17H2,(H,26,29). The number of sulfonamides is 1. The van der Waals surface area contributed by atoms with Crippen LogP contribution in [0.2, 0.25) is 5.02 Å². The average molecular weight is 484 g/mol. The Hall–Kier alpha value is -3.36. The number of amides is 2. The van der Waals surface area contributed by atoms with E-state index in [1.807, 2.05) is 0 Å². The van der Waals surface area contributed by atoms with Gasteiger partial charge in [0.05, 0.1) is 10.6 Å². The second-order valence-corrected chi connectivity index (χ2v) is 9.85. The number of rotatable bonds is 7. The van der Waals surface area contributed by atoms with E-state index in [1.54, 1.807) is 65.6 Å². The Kier molecular flexibility index (Phi) is 6.67. The fourth-order valence-electron chi connectivity index (χ4n) is 3.64. The van der Waals surface area contributed by atoms with Crippen molar-refractivity contribution in [2.75, 3.05) is 27.6 Å². The molecule has 0 atom stereocenters. The molecule has 0 radical (unpaired) electrons. The maximum atomic E-state index is 13.3. The normalized spacial score (nSPS) is 13.7. The minimum atomic E-state index is -4.01. The monoisotopic (exact) mass is 483 g/mol. The van der Waals surface area contributed by atoms with Crippen LogP contribution in [-0.2, 0) is 19.6 Å². The first-order valence-corrected chi connectivity index (χ1v) is 12.2. The number of carbonyl (C=O) groups excluding carboxylic acids is 2. The molecule has 170 valence electrons. The van der Waals surface area contributed by atoms with Gasteiger partial charge in [0.15, 0.2) is 0 Å². The number of benzene rings is 3. The molecular formula is C24H22ClN3O4S. The smallest absolute Gasteiger partial charge is 0.264 e. The molecule has 4 rings (SSSR count). The average Bonchev–Trinajstić information content (AvgIpc) is 3.24. The van der Waals surface area contributed by atoms with Crippen molar-refractivity contribution in [1.82, 2.24) is 0 Å². The molecular weight excluding hydrogens is 462 g/mol. The van der Waals surface area contributed by atoms with Crippen LogP contribution in [-0.4, -0.2) is 33.3 Å². The van der Waals surface area contributed by atoms with E-state index in [0.29, 0.717) is 23.7 Å². The van der Waals surface area contributed by atoms with Gasteiger partial charge in [-0.25, -0.2) is 8.42 Å². The molecule has 7 nitrogen and oxygen atoms in total. The molecule has 3 aromatic carbocycles. The molecule has 0 unspecified atom stereocenters. The summed E-state index contributed by atoms with van der Waals surface area (Å²) in [5.74, 6) is -0.436. The van der Waals surface area contributed by atoms with Crippen molar-refractivity contribution in [2.45, 2.75) is 17.7 Å². The van der Waals surface area contributed by atoms with Gasteiger partial charge in [-0.3, -0.25) is 13.9 Å². The Morgan fingerprint density at radius 2 is 1.73 bits per heavy atom. The molecule has 1 aliphatic heterocycles. The zero-order valence-corrected chi connectivity index (χ0v) is 19.2. The topological polar surface area (TPSA) is 86.8 Å². The van der Waals surface area contributed by atoms with Gasteiger partial charge in [0.2, 0.25) is 11.8 Å². The third kappa shape index (κ3) is 5.18. The minimum absolute atomic E-state index is 0.0670. The molecule has 1 fully saturated rings. The number of carbonyl (C=O) groups is 2. The van der Waals surface area contributed by atoms with Gasteiger partial charge in [-0.05, 0) is 61.0 Å². The van der Waals surface area contributed by atoms with E-state index in [9.17, 15) is 18.0 Å². The summed E-state index contributed by atoms with van der Waals surface area (Å²) in [4.78, 5) is 26.5. The van der Waals surface area contributed by atoms with Gasteiger partial charge < -0.3 is 10.2 Å². The van der Waals surface area contributed by atoms with Crippen LogP contribution in [0.25, 0.3) is 0 Å². The quantitative estimate of drug-likeness (QED) is 0.542. The Morgan fingerprint density at radius 1 is 1.00 bits per heavy atom. The van der Waals surface area contributed by atoms with Crippen LogP contribution in [0.1, 0.15) is 12.8 Å². The van der Waals surface area contributed by atoms with Crippen molar-refractivity contribution < 1.29 is 18.0 Å². The Morgan fingerprint density at radius 3 is 2.36 bits per heavy atom. The van der Waals surface area contributed by atoms with Crippen molar-refractivity contribution in [3.63, 3.8) is 0 Å². The van der Waals surface area contributed by atoms with Crippen molar-refractivity contribution >= 4 is 50.5 Å². The molecule has 0 aromatic heterocycles. The summed E-state index contributed by atoms with van der Waals surface area (Å²) in [6.45, 7) is 0.237. The number of anilines is 3. The first-order valence-electron chi connectivity index (χ1n) is 10.4. The lowest BCUT2D eigenvalue weighted by Crippen LogP contribution is -2.38. The molecule has 0 saturated carbocycles. The van der Waals surface area contributed by atoms with E-state index in [2.05, 4.69) is 5.32 Å². The molecule has 1 N–H and O–H groups in total. The second kappa shape index (κ2) is 9.64. The first-order chi connectivity index (χ1) is 15.8. The highest BCUT2D eigenvalue weighted by atomic mass is 35.5. The van der Waals surface area contributed by atoms with Crippen molar-refractivity contribution in [1.29, 1.82) is 0 Å². The minimum Gasteiger partial charge on any atom is -0.325 e. The van der Waals surface area contributed by atoms with Gasteiger partial charge in [-0.1, -0.05) is 35.9 Å². The van der Waals surface area contributed by atoms with Crippen LogP contribution in [0.3, 0.4) is 0 Å². The van der Waals surface area contributed by atoms with E-state index in [4.69, 9.17) is 11.6 Å². The van der Waals surface area contributed by atoms with E-state index in [0.717, 1.165) is 16.4 Å². The van der Waals surface area contributed by atoms with Crippen LogP contribution in [0.5, 0.6) is 0 Å². The summed E-state index contributed by atoms with van der Waals surface area (Å²) in [5.41, 5.74) is 1.55. The molecule has 33 heavy (non-hydrogen) atoms. The third-order valence-corrected chi connectivity index (χ3v) is 7.27.